The van der Waals surface area contributed by atoms with Gasteiger partial charge in [-0.1, -0.05) is 44.2 Å². The zero-order valence-electron chi connectivity index (χ0n) is 14.3. The van der Waals surface area contributed by atoms with Gasteiger partial charge in [0.1, 0.15) is 12.4 Å². The fourth-order valence-corrected chi connectivity index (χ4v) is 3.10. The Balaban J connectivity index is 1.85. The van der Waals surface area contributed by atoms with Crippen LogP contribution in [0.5, 0.6) is 0 Å². The average molecular weight is 325 g/mol. The summed E-state index contributed by atoms with van der Waals surface area (Å²) in [6, 6.07) is 10.0. The molecule has 0 spiro atoms. The number of nitrogens with zero attached hydrogens (tertiary/aromatic N) is 3. The standard InChI is InChI=1S/C19H23N3O2/c1-13(2)18-16(9-20-12-21-18)19(23)22-10-14(3)24-17(11-22)15-7-5-4-6-8-15/h4-9,12-14,17H,10-11H2,1-3H3/t14-,17-/m0/s1. The van der Waals surface area contributed by atoms with E-state index in [0.29, 0.717) is 18.7 Å². The number of amides is 1. The first-order chi connectivity index (χ1) is 11.6. The highest BCUT2D eigenvalue weighted by molar-refractivity contribution is 5.95. The Morgan fingerprint density at radius 1 is 1.25 bits per heavy atom. The maximum Gasteiger partial charge on any atom is 0.257 e. The molecule has 2 aromatic rings. The van der Waals surface area contributed by atoms with Crippen LogP contribution in [0.25, 0.3) is 0 Å². The molecule has 1 amide bonds. The topological polar surface area (TPSA) is 55.3 Å². The van der Waals surface area contributed by atoms with Crippen LogP contribution in [0.3, 0.4) is 0 Å². The number of hydrogen-bond donors (Lipinski definition) is 0. The first-order valence-corrected chi connectivity index (χ1v) is 8.36. The average Bonchev–Trinajstić information content (AvgIpc) is 2.61. The van der Waals surface area contributed by atoms with Crippen molar-refractivity contribution in [2.45, 2.75) is 38.9 Å². The summed E-state index contributed by atoms with van der Waals surface area (Å²) >= 11 is 0. The lowest BCUT2D eigenvalue weighted by Gasteiger charge is -2.37. The maximum absolute atomic E-state index is 13.0. The van der Waals surface area contributed by atoms with Crippen LogP contribution in [0.1, 0.15) is 54.4 Å². The molecule has 1 aliphatic heterocycles. The van der Waals surface area contributed by atoms with E-state index in [1.165, 1.54) is 6.33 Å². The Labute approximate surface area is 142 Å². The van der Waals surface area contributed by atoms with Gasteiger partial charge in [0.05, 0.1) is 23.9 Å². The number of carbonyl (C=O) groups excluding carboxylic acids is 1. The number of morpholine rings is 1. The van der Waals surface area contributed by atoms with Gasteiger partial charge in [-0.05, 0) is 18.4 Å². The van der Waals surface area contributed by atoms with Gasteiger partial charge in [0.15, 0.2) is 0 Å². The Bertz CT molecular complexity index is 703. The van der Waals surface area contributed by atoms with Crippen molar-refractivity contribution in [3.8, 4) is 0 Å². The van der Waals surface area contributed by atoms with Crippen LogP contribution in [-0.4, -0.2) is 40.0 Å². The minimum atomic E-state index is -0.106. The number of ether oxygens (including phenoxy) is 1. The number of hydrogen-bond acceptors (Lipinski definition) is 4. The summed E-state index contributed by atoms with van der Waals surface area (Å²) in [5, 5.41) is 0. The molecule has 1 aliphatic rings. The second kappa shape index (κ2) is 7.09. The van der Waals surface area contributed by atoms with E-state index in [4.69, 9.17) is 4.74 Å². The highest BCUT2D eigenvalue weighted by Gasteiger charge is 2.31. The summed E-state index contributed by atoms with van der Waals surface area (Å²) in [4.78, 5) is 23.2. The monoisotopic (exact) mass is 325 g/mol. The second-order valence-electron chi connectivity index (χ2n) is 6.53. The van der Waals surface area contributed by atoms with Crippen molar-refractivity contribution in [1.29, 1.82) is 0 Å². The van der Waals surface area contributed by atoms with Crippen molar-refractivity contribution >= 4 is 5.91 Å². The van der Waals surface area contributed by atoms with E-state index < -0.39 is 0 Å². The number of benzene rings is 1. The van der Waals surface area contributed by atoms with Crippen LogP contribution in [0.4, 0.5) is 0 Å². The van der Waals surface area contributed by atoms with Crippen molar-refractivity contribution in [1.82, 2.24) is 14.9 Å². The van der Waals surface area contributed by atoms with Crippen LogP contribution < -0.4 is 0 Å². The van der Waals surface area contributed by atoms with Gasteiger partial charge in [0.25, 0.3) is 5.91 Å². The molecule has 1 fully saturated rings. The number of aromatic nitrogens is 2. The van der Waals surface area contributed by atoms with Gasteiger partial charge < -0.3 is 9.64 Å². The van der Waals surface area contributed by atoms with E-state index in [1.54, 1.807) is 6.20 Å². The van der Waals surface area contributed by atoms with Crippen LogP contribution >= 0.6 is 0 Å². The molecule has 0 aliphatic carbocycles. The van der Waals surface area contributed by atoms with Crippen LogP contribution in [0.15, 0.2) is 42.9 Å². The molecule has 5 heteroatoms. The lowest BCUT2D eigenvalue weighted by atomic mass is 10.0. The second-order valence-corrected chi connectivity index (χ2v) is 6.53. The molecule has 2 heterocycles. The van der Waals surface area contributed by atoms with Gasteiger partial charge in [-0.2, -0.15) is 0 Å². The quantitative estimate of drug-likeness (QED) is 0.869. The van der Waals surface area contributed by atoms with Gasteiger partial charge in [-0.15, -0.1) is 0 Å². The van der Waals surface area contributed by atoms with Gasteiger partial charge >= 0.3 is 0 Å². The maximum atomic E-state index is 13.0. The summed E-state index contributed by atoms with van der Waals surface area (Å²) in [7, 11) is 0. The lowest BCUT2D eigenvalue weighted by Crippen LogP contribution is -2.46. The van der Waals surface area contributed by atoms with Crippen molar-refractivity contribution in [3.05, 3.63) is 59.7 Å². The molecule has 2 atom stereocenters. The first kappa shape index (κ1) is 16.6. The summed E-state index contributed by atoms with van der Waals surface area (Å²) < 4.78 is 6.04. The van der Waals surface area contributed by atoms with Crippen molar-refractivity contribution in [2.24, 2.45) is 0 Å². The Morgan fingerprint density at radius 3 is 2.71 bits per heavy atom. The normalized spacial score (nSPS) is 21.1. The first-order valence-electron chi connectivity index (χ1n) is 8.36. The molecule has 0 N–H and O–H groups in total. The summed E-state index contributed by atoms with van der Waals surface area (Å²) in [6.07, 6.45) is 3.01. The number of carbonyl (C=O) groups is 1. The molecule has 0 radical (unpaired) electrons. The molecular formula is C19H23N3O2. The molecule has 126 valence electrons. The molecule has 1 aromatic carbocycles. The van der Waals surface area contributed by atoms with E-state index in [1.807, 2.05) is 56.0 Å². The summed E-state index contributed by atoms with van der Waals surface area (Å²) in [5.41, 5.74) is 2.48. The Kier molecular flexibility index (Phi) is 4.90. The van der Waals surface area contributed by atoms with Gasteiger partial charge in [-0.25, -0.2) is 9.97 Å². The fraction of sp³-hybridized carbons (Fsp3) is 0.421. The summed E-state index contributed by atoms with van der Waals surface area (Å²) in [5.74, 6) is 0.158. The van der Waals surface area contributed by atoms with Crippen LogP contribution in [0.2, 0.25) is 0 Å². The lowest BCUT2D eigenvalue weighted by molar-refractivity contribution is -0.0692. The molecule has 24 heavy (non-hydrogen) atoms. The Hall–Kier alpha value is -2.27. The molecule has 5 nitrogen and oxygen atoms in total. The predicted molar refractivity (Wildman–Crippen MR) is 91.8 cm³/mol. The Morgan fingerprint density at radius 2 is 2.00 bits per heavy atom. The molecule has 1 aromatic heterocycles. The number of rotatable bonds is 3. The largest absolute Gasteiger partial charge is 0.367 e. The molecular weight excluding hydrogens is 302 g/mol. The molecule has 0 unspecified atom stereocenters. The minimum absolute atomic E-state index is 0.0139. The summed E-state index contributed by atoms with van der Waals surface area (Å²) in [6.45, 7) is 7.19. The third-order valence-corrected chi connectivity index (χ3v) is 4.24. The third kappa shape index (κ3) is 3.46. The van der Waals surface area contributed by atoms with E-state index in [-0.39, 0.29) is 24.0 Å². The van der Waals surface area contributed by atoms with Gasteiger partial charge in [0.2, 0.25) is 0 Å². The van der Waals surface area contributed by atoms with Gasteiger partial charge in [0, 0.05) is 12.7 Å². The van der Waals surface area contributed by atoms with E-state index in [9.17, 15) is 4.79 Å². The van der Waals surface area contributed by atoms with E-state index in [2.05, 4.69) is 9.97 Å². The zero-order valence-corrected chi connectivity index (χ0v) is 14.3. The van der Waals surface area contributed by atoms with Crippen LogP contribution in [-0.2, 0) is 4.74 Å². The third-order valence-electron chi connectivity index (χ3n) is 4.24. The molecule has 0 bridgehead atoms. The van der Waals surface area contributed by atoms with Gasteiger partial charge in [-0.3, -0.25) is 4.79 Å². The zero-order chi connectivity index (χ0) is 17.1. The highest BCUT2D eigenvalue weighted by Crippen LogP contribution is 2.27. The fourth-order valence-electron chi connectivity index (χ4n) is 3.10. The molecule has 1 saturated heterocycles. The van der Waals surface area contributed by atoms with Crippen molar-refractivity contribution in [2.75, 3.05) is 13.1 Å². The predicted octanol–water partition coefficient (Wildman–Crippen LogP) is 3.20. The molecule has 3 rings (SSSR count). The molecule has 0 saturated carbocycles. The van der Waals surface area contributed by atoms with Crippen molar-refractivity contribution in [3.63, 3.8) is 0 Å². The van der Waals surface area contributed by atoms with Crippen LogP contribution in [0, 0.1) is 0 Å². The minimum Gasteiger partial charge on any atom is -0.367 e. The van der Waals surface area contributed by atoms with Crippen molar-refractivity contribution < 1.29 is 9.53 Å². The van der Waals surface area contributed by atoms with E-state index >= 15 is 0 Å². The van der Waals surface area contributed by atoms with E-state index in [0.717, 1.165) is 11.3 Å². The SMILES string of the molecule is CC(C)c1ncncc1C(=O)N1C[C@@H](c2ccccc2)O[C@@H](C)C1. The highest BCUT2D eigenvalue weighted by atomic mass is 16.5. The smallest absolute Gasteiger partial charge is 0.257 e.